The Kier molecular flexibility index (Phi) is 12.8. The second-order valence-electron chi connectivity index (χ2n) is 7.63. The molecule has 0 bridgehead atoms. The molecule has 0 saturated carbocycles. The summed E-state index contributed by atoms with van der Waals surface area (Å²) in [6.45, 7) is 6.03. The van der Waals surface area contributed by atoms with E-state index in [1.54, 1.807) is 14.2 Å². The van der Waals surface area contributed by atoms with Gasteiger partial charge in [-0.05, 0) is 18.2 Å². The summed E-state index contributed by atoms with van der Waals surface area (Å²) >= 11 is 0. The number of rotatable bonds is 6. The number of alkyl halides is 6. The van der Waals surface area contributed by atoms with Crippen LogP contribution in [0.15, 0.2) is 42.6 Å². The Hall–Kier alpha value is -3.59. The van der Waals surface area contributed by atoms with Crippen LogP contribution in [0.3, 0.4) is 0 Å². The Morgan fingerprint density at radius 3 is 1.71 bits per heavy atom. The van der Waals surface area contributed by atoms with Gasteiger partial charge in [0.1, 0.15) is 0 Å². The Balaban J connectivity index is 0.000000426. The number of nitrogens with zero attached hydrogens (tertiary/aromatic N) is 3. The molecule has 1 aliphatic rings. The van der Waals surface area contributed by atoms with Crippen molar-refractivity contribution in [2.45, 2.75) is 25.4 Å². The maximum atomic E-state index is 10.6. The van der Waals surface area contributed by atoms with Crippen LogP contribution in [0.5, 0.6) is 11.5 Å². The van der Waals surface area contributed by atoms with E-state index in [1.807, 2.05) is 30.5 Å². The summed E-state index contributed by atoms with van der Waals surface area (Å²) in [5.41, 5.74) is 2.32. The molecular formula is C23H27F6N3O6. The van der Waals surface area contributed by atoms with E-state index in [4.69, 9.17) is 29.3 Å². The third-order valence-electron chi connectivity index (χ3n) is 4.94. The molecule has 0 radical (unpaired) electrons. The molecule has 2 N–H and O–H groups in total. The van der Waals surface area contributed by atoms with E-state index in [9.17, 15) is 26.3 Å². The Bertz CT molecular complexity index is 989. The molecule has 2 heterocycles. The van der Waals surface area contributed by atoms with Crippen molar-refractivity contribution < 1.29 is 55.6 Å². The lowest BCUT2D eigenvalue weighted by Crippen LogP contribution is -2.45. The first-order valence-electron chi connectivity index (χ1n) is 10.8. The SMILES string of the molecule is COc1cccc(CN2CCN(Cc3ccccn3)CC2)c1OC.O=C(O)C(F)(F)F.O=C(O)C(F)(F)F. The number of ether oxygens (including phenoxy) is 2. The fourth-order valence-corrected chi connectivity index (χ4v) is 3.15. The molecule has 0 spiro atoms. The van der Waals surface area contributed by atoms with Gasteiger partial charge in [0.2, 0.25) is 0 Å². The van der Waals surface area contributed by atoms with Gasteiger partial charge in [0.05, 0.1) is 19.9 Å². The largest absolute Gasteiger partial charge is 0.493 e. The van der Waals surface area contributed by atoms with Crippen LogP contribution in [0, 0.1) is 0 Å². The van der Waals surface area contributed by atoms with Gasteiger partial charge in [-0.2, -0.15) is 26.3 Å². The number of benzene rings is 1. The van der Waals surface area contributed by atoms with Gasteiger partial charge < -0.3 is 19.7 Å². The van der Waals surface area contributed by atoms with Gasteiger partial charge in [0.15, 0.2) is 11.5 Å². The van der Waals surface area contributed by atoms with Crippen molar-refractivity contribution in [1.29, 1.82) is 0 Å². The summed E-state index contributed by atoms with van der Waals surface area (Å²) in [5, 5.41) is 14.2. The highest BCUT2D eigenvalue weighted by Crippen LogP contribution is 2.31. The zero-order valence-corrected chi connectivity index (χ0v) is 20.4. The lowest BCUT2D eigenvalue weighted by molar-refractivity contribution is -0.193. The van der Waals surface area contributed by atoms with Crippen molar-refractivity contribution in [3.05, 3.63) is 53.9 Å². The topological polar surface area (TPSA) is 112 Å². The number of pyridine rings is 1. The van der Waals surface area contributed by atoms with Crippen LogP contribution < -0.4 is 9.47 Å². The molecule has 9 nitrogen and oxygen atoms in total. The number of hydrogen-bond acceptors (Lipinski definition) is 7. The zero-order chi connectivity index (χ0) is 28.9. The van der Waals surface area contributed by atoms with Crippen LogP contribution in [0.2, 0.25) is 0 Å². The standard InChI is InChI=1S/C19H25N3O2.2C2HF3O2/c1-23-18-8-5-6-16(19(18)24-2)14-21-10-12-22(13-11-21)15-17-7-3-4-9-20-17;2*3-2(4,5)1(6)7/h3-9H,10-15H2,1-2H3;2*(H,6,7). The number of methoxy groups -OCH3 is 2. The fourth-order valence-electron chi connectivity index (χ4n) is 3.15. The van der Waals surface area contributed by atoms with Crippen molar-refractivity contribution in [1.82, 2.24) is 14.8 Å². The van der Waals surface area contributed by atoms with E-state index < -0.39 is 24.3 Å². The quantitative estimate of drug-likeness (QED) is 0.516. The Labute approximate surface area is 214 Å². The predicted octanol–water partition coefficient (Wildman–Crippen LogP) is 3.68. The fraction of sp³-hybridized carbons (Fsp3) is 0.435. The van der Waals surface area contributed by atoms with Crippen LogP contribution >= 0.6 is 0 Å². The third-order valence-corrected chi connectivity index (χ3v) is 4.94. The number of hydrogen-bond donors (Lipinski definition) is 2. The van der Waals surface area contributed by atoms with Crippen molar-refractivity contribution in [3.8, 4) is 11.5 Å². The average Bonchev–Trinajstić information content (AvgIpc) is 2.85. The smallest absolute Gasteiger partial charge is 0.490 e. The summed E-state index contributed by atoms with van der Waals surface area (Å²) < 4.78 is 74.4. The highest BCUT2D eigenvalue weighted by molar-refractivity contribution is 5.73. The lowest BCUT2D eigenvalue weighted by atomic mass is 10.1. The van der Waals surface area contributed by atoms with Crippen LogP contribution in [0.4, 0.5) is 26.3 Å². The molecule has 38 heavy (non-hydrogen) atoms. The van der Waals surface area contributed by atoms with Crippen LogP contribution in [0.25, 0.3) is 0 Å². The molecule has 1 fully saturated rings. The van der Waals surface area contributed by atoms with Crippen molar-refractivity contribution >= 4 is 11.9 Å². The molecule has 2 aromatic rings. The van der Waals surface area contributed by atoms with Crippen LogP contribution in [-0.4, -0.2) is 89.7 Å². The first-order valence-corrected chi connectivity index (χ1v) is 10.8. The van der Waals surface area contributed by atoms with Gasteiger partial charge in [0, 0.05) is 51.0 Å². The molecule has 0 atom stereocenters. The van der Waals surface area contributed by atoms with Crippen LogP contribution in [-0.2, 0) is 22.7 Å². The number of aliphatic carboxylic acids is 2. The number of piperazine rings is 1. The summed E-state index contributed by atoms with van der Waals surface area (Å²) in [7, 11) is 3.38. The molecule has 1 aromatic heterocycles. The maximum absolute atomic E-state index is 10.6. The molecule has 15 heteroatoms. The number of carboxylic acid groups (broad SMARTS) is 2. The van der Waals surface area contributed by atoms with E-state index in [1.165, 1.54) is 5.56 Å². The summed E-state index contributed by atoms with van der Waals surface area (Å²) in [6.07, 6.45) is -8.30. The highest BCUT2D eigenvalue weighted by atomic mass is 19.4. The highest BCUT2D eigenvalue weighted by Gasteiger charge is 2.38. The minimum absolute atomic E-state index is 0.795. The Morgan fingerprint density at radius 2 is 1.32 bits per heavy atom. The predicted molar refractivity (Wildman–Crippen MR) is 122 cm³/mol. The van der Waals surface area contributed by atoms with Gasteiger partial charge in [-0.3, -0.25) is 14.8 Å². The zero-order valence-electron chi connectivity index (χ0n) is 20.4. The molecule has 1 aliphatic heterocycles. The number of aromatic nitrogens is 1. The van der Waals surface area contributed by atoms with Gasteiger partial charge in [-0.25, -0.2) is 9.59 Å². The molecule has 0 unspecified atom stereocenters. The van der Waals surface area contributed by atoms with Gasteiger partial charge in [-0.15, -0.1) is 0 Å². The minimum Gasteiger partial charge on any atom is -0.493 e. The summed E-state index contributed by atoms with van der Waals surface area (Å²) in [4.78, 5) is 27.1. The molecule has 212 valence electrons. The molecular weight excluding hydrogens is 528 g/mol. The summed E-state index contributed by atoms with van der Waals surface area (Å²) in [5.74, 6) is -3.88. The number of carboxylic acids is 2. The number of carbonyl (C=O) groups is 2. The first-order chi connectivity index (χ1) is 17.7. The minimum atomic E-state index is -5.08. The molecule has 3 rings (SSSR count). The molecule has 1 saturated heterocycles. The van der Waals surface area contributed by atoms with E-state index in [2.05, 4.69) is 26.9 Å². The average molecular weight is 555 g/mol. The lowest BCUT2D eigenvalue weighted by Gasteiger charge is -2.34. The Morgan fingerprint density at radius 1 is 0.816 bits per heavy atom. The van der Waals surface area contributed by atoms with E-state index in [0.717, 1.165) is 56.5 Å². The number of para-hydroxylation sites is 1. The van der Waals surface area contributed by atoms with Crippen LogP contribution in [0.1, 0.15) is 11.3 Å². The first kappa shape index (κ1) is 32.4. The second kappa shape index (κ2) is 15.0. The van der Waals surface area contributed by atoms with Crippen molar-refractivity contribution in [3.63, 3.8) is 0 Å². The third kappa shape index (κ3) is 11.6. The van der Waals surface area contributed by atoms with Crippen molar-refractivity contribution in [2.24, 2.45) is 0 Å². The van der Waals surface area contributed by atoms with E-state index in [-0.39, 0.29) is 0 Å². The maximum Gasteiger partial charge on any atom is 0.490 e. The normalized spacial score (nSPS) is 14.3. The van der Waals surface area contributed by atoms with Crippen molar-refractivity contribution in [2.75, 3.05) is 40.4 Å². The molecule has 0 amide bonds. The second-order valence-corrected chi connectivity index (χ2v) is 7.63. The molecule has 0 aliphatic carbocycles. The van der Waals surface area contributed by atoms with Gasteiger partial charge in [0.25, 0.3) is 0 Å². The monoisotopic (exact) mass is 555 g/mol. The summed E-state index contributed by atoms with van der Waals surface area (Å²) in [6, 6.07) is 12.2. The van der Waals surface area contributed by atoms with E-state index >= 15 is 0 Å². The van der Waals surface area contributed by atoms with Gasteiger partial charge in [-0.1, -0.05) is 18.2 Å². The van der Waals surface area contributed by atoms with Gasteiger partial charge >= 0.3 is 24.3 Å². The van der Waals surface area contributed by atoms with E-state index in [0.29, 0.717) is 0 Å². The molecule has 1 aromatic carbocycles. The number of halogens is 6.